The summed E-state index contributed by atoms with van der Waals surface area (Å²) in [4.78, 5) is 13.2. The van der Waals surface area contributed by atoms with E-state index in [-0.39, 0.29) is 5.91 Å². The van der Waals surface area contributed by atoms with Crippen molar-refractivity contribution in [1.29, 1.82) is 0 Å². The van der Waals surface area contributed by atoms with Gasteiger partial charge in [-0.1, -0.05) is 29.5 Å². The molecule has 3 rings (SSSR count). The molecule has 0 saturated heterocycles. The van der Waals surface area contributed by atoms with E-state index in [0.29, 0.717) is 18.3 Å². The lowest BCUT2D eigenvalue weighted by molar-refractivity contribution is -0.118. The molecule has 128 valence electrons. The highest BCUT2D eigenvalue weighted by atomic mass is 32.2. The van der Waals surface area contributed by atoms with Crippen LogP contribution in [-0.2, 0) is 4.79 Å². The van der Waals surface area contributed by atoms with Crippen molar-refractivity contribution in [3.05, 3.63) is 35.7 Å². The molecule has 0 aliphatic heterocycles. The minimum absolute atomic E-state index is 0.0486. The third-order valence-electron chi connectivity index (χ3n) is 3.79. The Balaban J connectivity index is 1.36. The Morgan fingerprint density at radius 3 is 2.67 bits per heavy atom. The summed E-state index contributed by atoms with van der Waals surface area (Å²) in [5.74, 6) is 2.25. The number of aromatic nitrogens is 3. The maximum atomic E-state index is 12.0. The van der Waals surface area contributed by atoms with Crippen molar-refractivity contribution in [3.63, 3.8) is 0 Å². The van der Waals surface area contributed by atoms with E-state index >= 15 is 0 Å². The van der Waals surface area contributed by atoms with Gasteiger partial charge in [0.2, 0.25) is 5.91 Å². The summed E-state index contributed by atoms with van der Waals surface area (Å²) in [6, 6.07) is 8.98. The highest BCUT2D eigenvalue weighted by Gasteiger charge is 2.28. The van der Waals surface area contributed by atoms with Gasteiger partial charge >= 0.3 is 0 Å². The molecule has 1 aromatic heterocycles. The average Bonchev–Trinajstić information content (AvgIpc) is 3.34. The van der Waals surface area contributed by atoms with Crippen LogP contribution in [0.4, 0.5) is 0 Å². The maximum Gasteiger partial charge on any atom is 0.230 e. The van der Waals surface area contributed by atoms with Crippen molar-refractivity contribution in [2.24, 2.45) is 0 Å². The predicted octanol–water partition coefficient (Wildman–Crippen LogP) is 3.23. The van der Waals surface area contributed by atoms with Crippen LogP contribution in [-0.4, -0.2) is 38.7 Å². The molecule has 1 N–H and O–H groups in total. The van der Waals surface area contributed by atoms with Crippen LogP contribution in [0.25, 0.3) is 0 Å². The zero-order chi connectivity index (χ0) is 16.9. The molecule has 0 atom stereocenters. The van der Waals surface area contributed by atoms with Crippen molar-refractivity contribution >= 4 is 29.4 Å². The fourth-order valence-electron chi connectivity index (χ4n) is 2.38. The highest BCUT2D eigenvalue weighted by molar-refractivity contribution is 7.99. The predicted molar refractivity (Wildman–Crippen MR) is 98.7 cm³/mol. The maximum absolute atomic E-state index is 12.0. The zero-order valence-corrected chi connectivity index (χ0v) is 15.6. The summed E-state index contributed by atoms with van der Waals surface area (Å²) >= 11 is 3.23. The fourth-order valence-corrected chi connectivity index (χ4v) is 4.03. The minimum Gasteiger partial charge on any atom is -0.355 e. The molecule has 0 radical (unpaired) electrons. The van der Waals surface area contributed by atoms with Crippen LogP contribution in [0.3, 0.4) is 0 Å². The fraction of sp³-hybridized carbons (Fsp3) is 0.471. The largest absolute Gasteiger partial charge is 0.355 e. The quantitative estimate of drug-likeness (QED) is 0.577. The van der Waals surface area contributed by atoms with E-state index in [1.165, 1.54) is 35.1 Å². The van der Waals surface area contributed by atoms with Crippen LogP contribution in [0.1, 0.15) is 30.3 Å². The summed E-state index contributed by atoms with van der Waals surface area (Å²) < 4.78 is 2.16. The molecule has 0 unspecified atom stereocenters. The van der Waals surface area contributed by atoms with Gasteiger partial charge in [0.15, 0.2) is 5.16 Å². The monoisotopic (exact) mass is 362 g/mol. The second-order valence-corrected chi connectivity index (χ2v) is 8.04. The van der Waals surface area contributed by atoms with E-state index in [2.05, 4.69) is 51.3 Å². The SMILES string of the molecule is Cc1ccc(SCCNC(=O)CSc2nnc(C)n2C2CC2)cc1. The van der Waals surface area contributed by atoms with Gasteiger partial charge < -0.3 is 9.88 Å². The molecule has 1 aliphatic rings. The third-order valence-corrected chi connectivity index (χ3v) is 5.75. The van der Waals surface area contributed by atoms with E-state index in [4.69, 9.17) is 0 Å². The van der Waals surface area contributed by atoms with E-state index in [1.54, 1.807) is 11.8 Å². The standard InChI is InChI=1S/C17H22N4OS2/c1-12-3-7-15(8-4-12)23-10-9-18-16(22)11-24-17-20-19-13(2)21(17)14-5-6-14/h3-4,7-8,14H,5-6,9-11H2,1-2H3,(H,18,22). The Morgan fingerprint density at radius 2 is 1.96 bits per heavy atom. The number of hydrogen-bond donors (Lipinski definition) is 1. The number of amides is 1. The first kappa shape index (κ1) is 17.4. The number of carbonyl (C=O) groups is 1. The van der Waals surface area contributed by atoms with Crippen LogP contribution >= 0.6 is 23.5 Å². The number of rotatable bonds is 8. The first-order chi connectivity index (χ1) is 11.6. The van der Waals surface area contributed by atoms with E-state index in [0.717, 1.165) is 16.7 Å². The summed E-state index contributed by atoms with van der Waals surface area (Å²) in [7, 11) is 0. The van der Waals surface area contributed by atoms with E-state index < -0.39 is 0 Å². The lowest BCUT2D eigenvalue weighted by Crippen LogP contribution is -2.27. The molecule has 24 heavy (non-hydrogen) atoms. The van der Waals surface area contributed by atoms with Gasteiger partial charge in [0.05, 0.1) is 5.75 Å². The van der Waals surface area contributed by atoms with Gasteiger partial charge in [0.25, 0.3) is 0 Å². The van der Waals surface area contributed by atoms with Gasteiger partial charge in [0.1, 0.15) is 5.82 Å². The van der Waals surface area contributed by atoms with Gasteiger partial charge in [-0.25, -0.2) is 0 Å². The summed E-state index contributed by atoms with van der Waals surface area (Å²) in [6.45, 7) is 4.72. The van der Waals surface area contributed by atoms with Gasteiger partial charge in [-0.3, -0.25) is 4.79 Å². The van der Waals surface area contributed by atoms with E-state index in [1.807, 2.05) is 6.92 Å². The first-order valence-corrected chi connectivity index (χ1v) is 10.1. The van der Waals surface area contributed by atoms with Gasteiger partial charge in [-0.05, 0) is 38.8 Å². The second-order valence-electron chi connectivity index (χ2n) is 5.93. The lowest BCUT2D eigenvalue weighted by atomic mass is 10.2. The highest BCUT2D eigenvalue weighted by Crippen LogP contribution is 2.38. The Morgan fingerprint density at radius 1 is 1.21 bits per heavy atom. The number of aryl methyl sites for hydroxylation is 2. The van der Waals surface area contributed by atoms with Crippen LogP contribution in [0.2, 0.25) is 0 Å². The Kier molecular flexibility index (Phi) is 5.84. The van der Waals surface area contributed by atoms with Crippen molar-refractivity contribution in [3.8, 4) is 0 Å². The Labute approximate surface area is 151 Å². The number of carbonyl (C=O) groups excluding carboxylic acids is 1. The number of nitrogens with zero attached hydrogens (tertiary/aromatic N) is 3. The summed E-state index contributed by atoms with van der Waals surface area (Å²) in [5.41, 5.74) is 1.26. The number of benzene rings is 1. The van der Waals surface area contributed by atoms with Crippen molar-refractivity contribution in [2.45, 2.75) is 42.8 Å². The lowest BCUT2D eigenvalue weighted by Gasteiger charge is -2.07. The Hall–Kier alpha value is -1.47. The van der Waals surface area contributed by atoms with Crippen LogP contribution in [0.5, 0.6) is 0 Å². The molecular weight excluding hydrogens is 340 g/mol. The molecule has 1 aromatic carbocycles. The number of thioether (sulfide) groups is 2. The molecule has 1 fully saturated rings. The van der Waals surface area contributed by atoms with Crippen molar-refractivity contribution < 1.29 is 4.79 Å². The molecule has 0 bridgehead atoms. The molecule has 5 nitrogen and oxygen atoms in total. The second kappa shape index (κ2) is 8.07. The van der Waals surface area contributed by atoms with Crippen LogP contribution < -0.4 is 5.32 Å². The van der Waals surface area contributed by atoms with Gasteiger partial charge in [-0.2, -0.15) is 0 Å². The molecule has 1 saturated carbocycles. The zero-order valence-electron chi connectivity index (χ0n) is 14.0. The molecule has 7 heteroatoms. The topological polar surface area (TPSA) is 59.8 Å². The first-order valence-electron chi connectivity index (χ1n) is 8.14. The van der Waals surface area contributed by atoms with Crippen molar-refractivity contribution in [2.75, 3.05) is 18.1 Å². The van der Waals surface area contributed by atoms with Crippen LogP contribution in [0.15, 0.2) is 34.3 Å². The summed E-state index contributed by atoms with van der Waals surface area (Å²) in [6.07, 6.45) is 2.38. The Bertz CT molecular complexity index is 695. The summed E-state index contributed by atoms with van der Waals surface area (Å²) in [5, 5.41) is 12.1. The smallest absolute Gasteiger partial charge is 0.230 e. The molecular formula is C17H22N4OS2. The molecule has 1 amide bonds. The van der Waals surface area contributed by atoms with Crippen LogP contribution in [0, 0.1) is 13.8 Å². The van der Waals surface area contributed by atoms with Crippen molar-refractivity contribution in [1.82, 2.24) is 20.1 Å². The molecule has 1 heterocycles. The third kappa shape index (κ3) is 4.77. The average molecular weight is 363 g/mol. The number of hydrogen-bond acceptors (Lipinski definition) is 5. The van der Waals surface area contributed by atoms with E-state index in [9.17, 15) is 4.79 Å². The van der Waals surface area contributed by atoms with Gasteiger partial charge in [0, 0.05) is 23.2 Å². The number of nitrogens with one attached hydrogen (secondary N) is 1. The molecule has 1 aliphatic carbocycles. The minimum atomic E-state index is 0.0486. The van der Waals surface area contributed by atoms with Gasteiger partial charge in [-0.15, -0.1) is 22.0 Å². The normalized spacial score (nSPS) is 13.9. The molecule has 2 aromatic rings. The molecule has 0 spiro atoms.